The molecule has 1 aliphatic carbocycles. The molecule has 156 valence electrons. The molecule has 0 spiro atoms. The molecule has 29 heavy (non-hydrogen) atoms. The molecule has 1 saturated heterocycles. The number of halogens is 1. The molecule has 2 aromatic carbocycles. The van der Waals surface area contributed by atoms with Gasteiger partial charge in [0, 0.05) is 25.4 Å². The fraction of sp³-hybridized carbons (Fsp3) is 0.458. The smallest absolute Gasteiger partial charge is 0.222 e. The third kappa shape index (κ3) is 4.76. The van der Waals surface area contributed by atoms with E-state index >= 15 is 0 Å². The minimum Gasteiger partial charge on any atom is -0.494 e. The highest BCUT2D eigenvalue weighted by atomic mass is 35.5. The molecule has 2 aliphatic rings. The standard InChI is InChI=1S/C24H29NO3.ClH/c26-23(14-8-16-28-21-12-5-2-6-13-21)25-17-19-9-7-15-24(27,22(19)18-25)20-10-3-1-4-11-20;/h1-6,10-13,19,22,27H,7-9,14-18H2;1H/t19-,22+,24+;/m0./s1. The Balaban J connectivity index is 0.00000240. The monoisotopic (exact) mass is 415 g/mol. The lowest BCUT2D eigenvalue weighted by Crippen LogP contribution is -2.42. The average molecular weight is 416 g/mol. The second kappa shape index (κ2) is 9.64. The third-order valence-electron chi connectivity index (χ3n) is 6.36. The van der Waals surface area contributed by atoms with Crippen LogP contribution in [0.1, 0.15) is 37.7 Å². The van der Waals surface area contributed by atoms with Gasteiger partial charge in [-0.05, 0) is 49.3 Å². The maximum atomic E-state index is 12.7. The zero-order valence-corrected chi connectivity index (χ0v) is 17.5. The van der Waals surface area contributed by atoms with Gasteiger partial charge in [-0.1, -0.05) is 48.5 Å². The summed E-state index contributed by atoms with van der Waals surface area (Å²) in [7, 11) is 0. The summed E-state index contributed by atoms with van der Waals surface area (Å²) in [5, 5.41) is 11.5. The topological polar surface area (TPSA) is 49.8 Å². The molecule has 1 aliphatic heterocycles. The van der Waals surface area contributed by atoms with Gasteiger partial charge in [0.2, 0.25) is 5.91 Å². The van der Waals surface area contributed by atoms with Crippen molar-refractivity contribution in [2.75, 3.05) is 19.7 Å². The van der Waals surface area contributed by atoms with Crippen LogP contribution in [0.25, 0.3) is 0 Å². The number of rotatable bonds is 6. The lowest BCUT2D eigenvalue weighted by atomic mass is 9.67. The van der Waals surface area contributed by atoms with Crippen LogP contribution in [0.4, 0.5) is 0 Å². The number of hydrogen-bond donors (Lipinski definition) is 1. The number of hydrogen-bond acceptors (Lipinski definition) is 3. The number of para-hydroxylation sites is 1. The third-order valence-corrected chi connectivity index (χ3v) is 6.36. The van der Waals surface area contributed by atoms with Gasteiger partial charge in [0.25, 0.3) is 0 Å². The largest absolute Gasteiger partial charge is 0.494 e. The first kappa shape index (κ1) is 21.7. The highest BCUT2D eigenvalue weighted by Crippen LogP contribution is 2.48. The van der Waals surface area contributed by atoms with Crippen molar-refractivity contribution in [1.29, 1.82) is 0 Å². The van der Waals surface area contributed by atoms with E-state index in [0.29, 0.717) is 31.9 Å². The zero-order valence-electron chi connectivity index (χ0n) is 16.7. The molecule has 4 rings (SSSR count). The number of likely N-dealkylation sites (tertiary alicyclic amines) is 1. The predicted octanol–water partition coefficient (Wildman–Crippen LogP) is 4.41. The Kier molecular flexibility index (Phi) is 7.20. The highest BCUT2D eigenvalue weighted by molar-refractivity contribution is 5.85. The van der Waals surface area contributed by atoms with Crippen molar-refractivity contribution in [1.82, 2.24) is 4.90 Å². The molecule has 2 aromatic rings. The van der Waals surface area contributed by atoms with Gasteiger partial charge in [-0.25, -0.2) is 0 Å². The number of aliphatic hydroxyl groups is 1. The summed E-state index contributed by atoms with van der Waals surface area (Å²) in [6, 6.07) is 19.7. The number of carbonyl (C=O) groups excluding carboxylic acids is 1. The fourth-order valence-electron chi connectivity index (χ4n) is 4.90. The van der Waals surface area contributed by atoms with Crippen LogP contribution in [-0.4, -0.2) is 35.6 Å². The number of carbonyl (C=O) groups is 1. The minimum atomic E-state index is -0.810. The molecule has 1 amide bonds. The van der Waals surface area contributed by atoms with E-state index < -0.39 is 5.60 Å². The number of nitrogens with zero attached hydrogens (tertiary/aromatic N) is 1. The second-order valence-electron chi connectivity index (χ2n) is 8.11. The van der Waals surface area contributed by atoms with Crippen molar-refractivity contribution in [2.24, 2.45) is 11.8 Å². The second-order valence-corrected chi connectivity index (χ2v) is 8.11. The molecule has 0 radical (unpaired) electrons. The van der Waals surface area contributed by atoms with Crippen LogP contribution in [0.15, 0.2) is 60.7 Å². The van der Waals surface area contributed by atoms with Gasteiger partial charge in [-0.3, -0.25) is 4.79 Å². The van der Waals surface area contributed by atoms with E-state index in [0.717, 1.165) is 37.1 Å². The van der Waals surface area contributed by atoms with Gasteiger partial charge >= 0.3 is 0 Å². The van der Waals surface area contributed by atoms with Gasteiger partial charge < -0.3 is 14.7 Å². The van der Waals surface area contributed by atoms with E-state index in [4.69, 9.17) is 4.74 Å². The summed E-state index contributed by atoms with van der Waals surface area (Å²) in [4.78, 5) is 14.7. The Hall–Kier alpha value is -2.04. The lowest BCUT2D eigenvalue weighted by Gasteiger charge is -2.41. The zero-order chi connectivity index (χ0) is 19.4. The average Bonchev–Trinajstić information content (AvgIpc) is 3.19. The summed E-state index contributed by atoms with van der Waals surface area (Å²) in [6.07, 6.45) is 4.10. The van der Waals surface area contributed by atoms with Crippen LogP contribution in [0.2, 0.25) is 0 Å². The molecule has 0 aromatic heterocycles. The molecule has 0 bridgehead atoms. The Morgan fingerprint density at radius 2 is 1.76 bits per heavy atom. The Morgan fingerprint density at radius 1 is 1.07 bits per heavy atom. The SMILES string of the molecule is Cl.O=C(CCCOc1ccccc1)N1C[C@@H]2CCC[C@@](O)(c3ccccc3)[C@@H]2C1. The molecule has 1 heterocycles. The van der Waals surface area contributed by atoms with Crippen molar-refractivity contribution >= 4 is 18.3 Å². The van der Waals surface area contributed by atoms with Gasteiger partial charge in [0.1, 0.15) is 5.75 Å². The van der Waals surface area contributed by atoms with Crippen molar-refractivity contribution in [3.05, 3.63) is 66.2 Å². The summed E-state index contributed by atoms with van der Waals surface area (Å²) in [5.41, 5.74) is 0.186. The number of benzene rings is 2. The van der Waals surface area contributed by atoms with E-state index in [-0.39, 0.29) is 24.2 Å². The maximum absolute atomic E-state index is 12.7. The van der Waals surface area contributed by atoms with Crippen LogP contribution in [-0.2, 0) is 10.4 Å². The van der Waals surface area contributed by atoms with E-state index in [1.165, 1.54) is 0 Å². The van der Waals surface area contributed by atoms with E-state index in [1.807, 2.05) is 65.6 Å². The van der Waals surface area contributed by atoms with Gasteiger partial charge in [0.15, 0.2) is 0 Å². The molecular formula is C24H30ClNO3. The molecule has 5 heteroatoms. The summed E-state index contributed by atoms with van der Waals surface area (Å²) in [6.45, 7) is 1.98. The summed E-state index contributed by atoms with van der Waals surface area (Å²) in [5.74, 6) is 1.55. The van der Waals surface area contributed by atoms with E-state index in [9.17, 15) is 9.90 Å². The predicted molar refractivity (Wildman–Crippen MR) is 116 cm³/mol. The van der Waals surface area contributed by atoms with Gasteiger partial charge in [-0.2, -0.15) is 0 Å². The Labute approximate surface area is 179 Å². The van der Waals surface area contributed by atoms with Gasteiger partial charge in [-0.15, -0.1) is 12.4 Å². The van der Waals surface area contributed by atoms with Crippen LogP contribution in [0.5, 0.6) is 5.75 Å². The Bertz CT molecular complexity index is 785. The first-order valence-electron chi connectivity index (χ1n) is 10.4. The fourth-order valence-corrected chi connectivity index (χ4v) is 4.90. The quantitative estimate of drug-likeness (QED) is 0.711. The van der Waals surface area contributed by atoms with Crippen LogP contribution in [0.3, 0.4) is 0 Å². The van der Waals surface area contributed by atoms with Crippen LogP contribution >= 0.6 is 12.4 Å². The molecule has 3 atom stereocenters. The first-order chi connectivity index (χ1) is 13.7. The normalized spacial score (nSPS) is 25.8. The van der Waals surface area contributed by atoms with Crippen LogP contribution < -0.4 is 4.74 Å². The molecule has 1 N–H and O–H groups in total. The molecule has 2 fully saturated rings. The molecule has 0 unspecified atom stereocenters. The lowest BCUT2D eigenvalue weighted by molar-refractivity contribution is -0.131. The van der Waals surface area contributed by atoms with Crippen LogP contribution in [0, 0.1) is 11.8 Å². The summed E-state index contributed by atoms with van der Waals surface area (Å²) >= 11 is 0. The van der Waals surface area contributed by atoms with Crippen molar-refractivity contribution in [3.63, 3.8) is 0 Å². The number of amides is 1. The van der Waals surface area contributed by atoms with Gasteiger partial charge in [0.05, 0.1) is 12.2 Å². The molecular weight excluding hydrogens is 386 g/mol. The summed E-state index contributed by atoms with van der Waals surface area (Å²) < 4.78 is 5.69. The highest BCUT2D eigenvalue weighted by Gasteiger charge is 2.50. The maximum Gasteiger partial charge on any atom is 0.222 e. The van der Waals surface area contributed by atoms with Crippen molar-refractivity contribution in [3.8, 4) is 5.75 Å². The number of ether oxygens (including phenoxy) is 1. The number of fused-ring (bicyclic) bond motifs is 1. The van der Waals surface area contributed by atoms with Crippen molar-refractivity contribution < 1.29 is 14.6 Å². The minimum absolute atomic E-state index is 0. The molecule has 4 nitrogen and oxygen atoms in total. The van der Waals surface area contributed by atoms with E-state index in [1.54, 1.807) is 0 Å². The molecule has 1 saturated carbocycles. The van der Waals surface area contributed by atoms with Crippen molar-refractivity contribution in [2.45, 2.75) is 37.7 Å². The Morgan fingerprint density at radius 3 is 2.48 bits per heavy atom. The first-order valence-corrected chi connectivity index (χ1v) is 10.4. The van der Waals surface area contributed by atoms with E-state index in [2.05, 4.69) is 0 Å².